The average molecular weight is 190 g/mol. The summed E-state index contributed by atoms with van der Waals surface area (Å²) >= 11 is 0. The van der Waals surface area contributed by atoms with Crippen LogP contribution >= 0.6 is 0 Å². The van der Waals surface area contributed by atoms with Crippen molar-refractivity contribution in [3.63, 3.8) is 0 Å². The molecule has 0 heterocycles. The van der Waals surface area contributed by atoms with Gasteiger partial charge in [-0.2, -0.15) is 0 Å². The van der Waals surface area contributed by atoms with Gasteiger partial charge < -0.3 is 5.11 Å². The zero-order valence-corrected chi connectivity index (χ0v) is 8.84. The molecule has 14 heavy (non-hydrogen) atoms. The smallest absolute Gasteiger partial charge is 0.115 e. The highest BCUT2D eigenvalue weighted by atomic mass is 16.3. The van der Waals surface area contributed by atoms with Crippen LogP contribution in [-0.2, 0) is 0 Å². The molecule has 0 aromatic carbocycles. The molecule has 0 aliphatic rings. The van der Waals surface area contributed by atoms with Crippen molar-refractivity contribution in [3.8, 4) is 0 Å². The van der Waals surface area contributed by atoms with E-state index in [4.69, 9.17) is 0 Å². The van der Waals surface area contributed by atoms with Crippen LogP contribution in [-0.4, -0.2) is 5.11 Å². The van der Waals surface area contributed by atoms with Crippen molar-refractivity contribution in [3.05, 3.63) is 60.9 Å². The lowest BCUT2D eigenvalue weighted by atomic mass is 9.96. The first kappa shape index (κ1) is 12.5. The molecule has 0 atom stereocenters. The van der Waals surface area contributed by atoms with Crippen LogP contribution in [0.15, 0.2) is 60.9 Å². The fraction of sp³-hybridized carbons (Fsp3) is 0.231. The molecule has 0 saturated carbocycles. The lowest BCUT2D eigenvalue weighted by molar-refractivity contribution is 0.428. The molecule has 0 radical (unpaired) electrons. The largest absolute Gasteiger partial charge is 0.508 e. The van der Waals surface area contributed by atoms with Crippen LogP contribution in [0.3, 0.4) is 0 Å². The Morgan fingerprint density at radius 3 is 2.21 bits per heavy atom. The topological polar surface area (TPSA) is 20.2 Å². The van der Waals surface area contributed by atoms with E-state index in [1.807, 2.05) is 13.0 Å². The number of aliphatic hydroxyl groups is 1. The monoisotopic (exact) mass is 190 g/mol. The Balaban J connectivity index is 4.87. The van der Waals surface area contributed by atoms with Gasteiger partial charge in [-0.15, -0.1) is 6.58 Å². The molecule has 0 amide bonds. The third-order valence-electron chi connectivity index (χ3n) is 1.85. The summed E-state index contributed by atoms with van der Waals surface area (Å²) in [6.45, 7) is 16.8. The van der Waals surface area contributed by atoms with Gasteiger partial charge in [-0.05, 0) is 24.0 Å². The van der Waals surface area contributed by atoms with E-state index >= 15 is 0 Å². The summed E-state index contributed by atoms with van der Waals surface area (Å²) in [4.78, 5) is 0. The molecule has 0 aliphatic heterocycles. The lowest BCUT2D eigenvalue weighted by Crippen LogP contribution is -1.94. The Morgan fingerprint density at radius 2 is 1.86 bits per heavy atom. The van der Waals surface area contributed by atoms with Crippen molar-refractivity contribution in [2.75, 3.05) is 0 Å². The number of aliphatic hydroxyl groups excluding tert-OH is 1. The average Bonchev–Trinajstić information content (AvgIpc) is 2.13. The molecule has 0 fully saturated rings. The first-order chi connectivity index (χ1) is 6.54. The molecule has 0 unspecified atom stereocenters. The maximum Gasteiger partial charge on any atom is 0.115 e. The van der Waals surface area contributed by atoms with Crippen molar-refractivity contribution in [2.24, 2.45) is 0 Å². The number of allylic oxidation sites excluding steroid dienone is 4. The maximum atomic E-state index is 9.23. The van der Waals surface area contributed by atoms with Crippen LogP contribution < -0.4 is 0 Å². The van der Waals surface area contributed by atoms with Crippen LogP contribution in [0.2, 0.25) is 0 Å². The third-order valence-corrected chi connectivity index (χ3v) is 1.85. The van der Waals surface area contributed by atoms with Gasteiger partial charge in [0, 0.05) is 5.57 Å². The van der Waals surface area contributed by atoms with Gasteiger partial charge in [0.1, 0.15) is 5.76 Å². The second kappa shape index (κ2) is 6.03. The highest BCUT2D eigenvalue weighted by Gasteiger charge is 2.07. The maximum absolute atomic E-state index is 9.23. The first-order valence-electron chi connectivity index (χ1n) is 4.61. The van der Waals surface area contributed by atoms with Gasteiger partial charge >= 0.3 is 0 Å². The second-order valence-electron chi connectivity index (χ2n) is 3.05. The van der Waals surface area contributed by atoms with Crippen molar-refractivity contribution in [1.29, 1.82) is 0 Å². The van der Waals surface area contributed by atoms with Crippen LogP contribution in [0.25, 0.3) is 0 Å². The van der Waals surface area contributed by atoms with Gasteiger partial charge in [0.15, 0.2) is 0 Å². The second-order valence-corrected chi connectivity index (χ2v) is 3.05. The SMILES string of the molecule is C=CCC(=C)/C(=C/CC)C(=C)C(=C)O. The summed E-state index contributed by atoms with van der Waals surface area (Å²) in [6.07, 6.45) is 5.32. The molecule has 0 rings (SSSR count). The summed E-state index contributed by atoms with van der Waals surface area (Å²) < 4.78 is 0. The zero-order valence-electron chi connectivity index (χ0n) is 8.84. The quantitative estimate of drug-likeness (QED) is 0.380. The van der Waals surface area contributed by atoms with E-state index in [2.05, 4.69) is 26.3 Å². The van der Waals surface area contributed by atoms with Gasteiger partial charge in [0.25, 0.3) is 0 Å². The van der Waals surface area contributed by atoms with E-state index in [1.54, 1.807) is 6.08 Å². The van der Waals surface area contributed by atoms with Crippen LogP contribution in [0.1, 0.15) is 19.8 Å². The van der Waals surface area contributed by atoms with Crippen molar-refractivity contribution in [1.82, 2.24) is 0 Å². The first-order valence-corrected chi connectivity index (χ1v) is 4.61. The Bertz CT molecular complexity index is 292. The van der Waals surface area contributed by atoms with Gasteiger partial charge in [0.05, 0.1) is 0 Å². The Hall–Kier alpha value is -1.50. The van der Waals surface area contributed by atoms with Crippen molar-refractivity contribution >= 4 is 0 Å². The van der Waals surface area contributed by atoms with E-state index in [0.29, 0.717) is 12.0 Å². The van der Waals surface area contributed by atoms with Crippen LogP contribution in [0.5, 0.6) is 0 Å². The molecular weight excluding hydrogens is 172 g/mol. The van der Waals surface area contributed by atoms with Crippen LogP contribution in [0.4, 0.5) is 0 Å². The van der Waals surface area contributed by atoms with E-state index in [9.17, 15) is 5.11 Å². The highest BCUT2D eigenvalue weighted by molar-refractivity contribution is 5.51. The van der Waals surface area contributed by atoms with E-state index in [0.717, 1.165) is 17.6 Å². The molecule has 0 bridgehead atoms. The molecule has 0 saturated heterocycles. The van der Waals surface area contributed by atoms with Gasteiger partial charge in [0.2, 0.25) is 0 Å². The predicted molar refractivity (Wildman–Crippen MR) is 63.2 cm³/mol. The minimum Gasteiger partial charge on any atom is -0.508 e. The zero-order chi connectivity index (χ0) is 11.1. The molecule has 0 aromatic heterocycles. The predicted octanol–water partition coefficient (Wildman–Crippen LogP) is 4.08. The summed E-state index contributed by atoms with van der Waals surface area (Å²) in [6, 6.07) is 0. The summed E-state index contributed by atoms with van der Waals surface area (Å²) in [5.74, 6) is -0.00471. The van der Waals surface area contributed by atoms with Crippen LogP contribution in [0, 0.1) is 0 Å². The molecule has 0 spiro atoms. The Morgan fingerprint density at radius 1 is 1.29 bits per heavy atom. The normalized spacial score (nSPS) is 10.8. The molecule has 1 N–H and O–H groups in total. The Labute approximate surface area is 86.5 Å². The molecule has 0 aromatic rings. The van der Waals surface area contributed by atoms with E-state index in [1.165, 1.54) is 0 Å². The lowest BCUT2D eigenvalue weighted by Gasteiger charge is -2.11. The fourth-order valence-corrected chi connectivity index (χ4v) is 1.12. The molecule has 1 nitrogen and oxygen atoms in total. The van der Waals surface area contributed by atoms with Gasteiger partial charge in [-0.25, -0.2) is 0 Å². The van der Waals surface area contributed by atoms with E-state index in [-0.39, 0.29) is 5.76 Å². The molecule has 1 heteroatoms. The van der Waals surface area contributed by atoms with Gasteiger partial charge in [-0.1, -0.05) is 38.8 Å². The summed E-state index contributed by atoms with van der Waals surface area (Å²) in [5, 5.41) is 9.23. The minimum atomic E-state index is -0.00471. The standard InChI is InChI=1S/C13H18O/c1-6-8-10(3)13(9-7-2)11(4)12(5)14/h6,9,14H,1,3-5,7-8H2,2H3/b13-9-. The number of rotatable bonds is 6. The van der Waals surface area contributed by atoms with E-state index < -0.39 is 0 Å². The minimum absolute atomic E-state index is 0.00471. The summed E-state index contributed by atoms with van der Waals surface area (Å²) in [7, 11) is 0. The van der Waals surface area contributed by atoms with Crippen molar-refractivity contribution in [2.45, 2.75) is 19.8 Å². The fourth-order valence-electron chi connectivity index (χ4n) is 1.12. The molecular formula is C13H18O. The van der Waals surface area contributed by atoms with Gasteiger partial charge in [-0.3, -0.25) is 0 Å². The van der Waals surface area contributed by atoms with Crippen molar-refractivity contribution < 1.29 is 5.11 Å². The highest BCUT2D eigenvalue weighted by Crippen LogP contribution is 2.23. The molecule has 76 valence electrons. The molecule has 0 aliphatic carbocycles. The third kappa shape index (κ3) is 3.48. The Kier molecular flexibility index (Phi) is 5.38. The number of hydrogen-bond donors (Lipinski definition) is 1. The summed E-state index contributed by atoms with van der Waals surface area (Å²) in [5.41, 5.74) is 2.32. The number of hydrogen-bond acceptors (Lipinski definition) is 1.